The van der Waals surface area contributed by atoms with Crippen LogP contribution in [0.2, 0.25) is 0 Å². The highest BCUT2D eigenvalue weighted by Gasteiger charge is 2.10. The van der Waals surface area contributed by atoms with Crippen molar-refractivity contribution >= 4 is 27.9 Å². The predicted octanol–water partition coefficient (Wildman–Crippen LogP) is 4.33. The number of aliphatic hydroxyl groups excluding tert-OH is 1. The van der Waals surface area contributed by atoms with Crippen molar-refractivity contribution < 1.29 is 5.11 Å². The molecule has 0 fully saturated rings. The molecule has 3 aromatic carbocycles. The summed E-state index contributed by atoms with van der Waals surface area (Å²) in [6.07, 6.45) is 1.35. The van der Waals surface area contributed by atoms with E-state index in [1.54, 1.807) is 0 Å². The molecule has 0 aliphatic carbocycles. The van der Waals surface area contributed by atoms with Crippen LogP contribution >= 0.6 is 0 Å². The van der Waals surface area contributed by atoms with Crippen molar-refractivity contribution in [3.63, 3.8) is 0 Å². The van der Waals surface area contributed by atoms with E-state index >= 15 is 0 Å². The van der Waals surface area contributed by atoms with Crippen molar-refractivity contribution in [2.75, 3.05) is 0 Å². The third kappa shape index (κ3) is 2.39. The van der Waals surface area contributed by atoms with Gasteiger partial charge in [-0.25, -0.2) is 0 Å². The molecule has 4 rings (SSSR count). The molecule has 0 aliphatic rings. The van der Waals surface area contributed by atoms with Crippen molar-refractivity contribution in [1.82, 2.24) is 4.57 Å². The quantitative estimate of drug-likeness (QED) is 0.541. The summed E-state index contributed by atoms with van der Waals surface area (Å²) >= 11 is 0. The van der Waals surface area contributed by atoms with Gasteiger partial charge < -0.3 is 15.1 Å². The summed E-state index contributed by atoms with van der Waals surface area (Å²) in [7, 11) is 0. The van der Waals surface area contributed by atoms with Crippen molar-refractivity contribution in [3.8, 4) is 0 Å². The van der Waals surface area contributed by atoms with Crippen molar-refractivity contribution in [1.29, 1.82) is 5.41 Å². The molecule has 3 heteroatoms. The number of benzene rings is 3. The van der Waals surface area contributed by atoms with Crippen LogP contribution in [0.25, 0.3) is 21.7 Å². The molecule has 0 aliphatic heterocycles. The molecule has 3 nitrogen and oxygen atoms in total. The molecule has 0 radical (unpaired) electrons. The Balaban J connectivity index is 1.90. The van der Waals surface area contributed by atoms with Crippen LogP contribution in [0.4, 0.5) is 0 Å². The number of rotatable bonds is 4. The zero-order chi connectivity index (χ0) is 16.5. The number of aliphatic hydroxyl groups is 1. The number of aromatic nitrogens is 1. The lowest BCUT2D eigenvalue weighted by atomic mass is 10.0. The first-order valence-electron chi connectivity index (χ1n) is 8.00. The van der Waals surface area contributed by atoms with Crippen LogP contribution in [0.15, 0.2) is 66.7 Å². The Kier molecular flexibility index (Phi) is 3.63. The summed E-state index contributed by atoms with van der Waals surface area (Å²) in [5.41, 5.74) is 4.03. The fourth-order valence-corrected chi connectivity index (χ4v) is 3.34. The van der Waals surface area contributed by atoms with Crippen LogP contribution in [0.5, 0.6) is 0 Å². The predicted molar refractivity (Wildman–Crippen MR) is 98.8 cm³/mol. The molecule has 4 aromatic rings. The Morgan fingerprint density at radius 2 is 1.75 bits per heavy atom. The molecule has 0 bridgehead atoms. The molecular formula is C21H18N2O. The lowest BCUT2D eigenvalue weighted by Crippen LogP contribution is -2.05. The molecular weight excluding hydrogens is 296 g/mol. The minimum atomic E-state index is -0.000626. The number of nitrogens with one attached hydrogen (secondary N) is 1. The fraction of sp³-hybridized carbons (Fsp3) is 0.0952. The number of hydrogen-bond donors (Lipinski definition) is 2. The van der Waals surface area contributed by atoms with E-state index < -0.39 is 0 Å². The first-order chi connectivity index (χ1) is 11.8. The van der Waals surface area contributed by atoms with Crippen LogP contribution < -0.4 is 0 Å². The van der Waals surface area contributed by atoms with Crippen LogP contribution in [0.1, 0.15) is 16.8 Å². The molecule has 2 N–H and O–H groups in total. The summed E-state index contributed by atoms with van der Waals surface area (Å²) in [6.45, 7) is 0.696. The standard InChI is InChI=1S/C21H18N2O/c22-12-15-8-9-17-11-19(14-24)23(21(17)10-15)13-18-6-3-5-16-4-1-2-7-20(16)18/h1-12,22,24H,13-14H2. The molecule has 0 amide bonds. The lowest BCUT2D eigenvalue weighted by molar-refractivity contribution is 0.272. The zero-order valence-electron chi connectivity index (χ0n) is 13.2. The minimum absolute atomic E-state index is 0.000626. The van der Waals surface area contributed by atoms with Gasteiger partial charge in [-0.2, -0.15) is 0 Å². The Bertz CT molecular complexity index is 1040. The summed E-state index contributed by atoms with van der Waals surface area (Å²) < 4.78 is 2.14. The number of fused-ring (bicyclic) bond motifs is 2. The monoisotopic (exact) mass is 314 g/mol. The first kappa shape index (κ1) is 14.7. The Morgan fingerprint density at radius 1 is 0.917 bits per heavy atom. The van der Waals surface area contributed by atoms with Gasteiger partial charge in [-0.1, -0.05) is 54.6 Å². The van der Waals surface area contributed by atoms with E-state index in [1.807, 2.05) is 30.3 Å². The third-order valence-electron chi connectivity index (χ3n) is 4.55. The Labute approximate surface area is 140 Å². The average molecular weight is 314 g/mol. The van der Waals surface area contributed by atoms with Gasteiger partial charge in [0.1, 0.15) is 0 Å². The normalized spacial score (nSPS) is 11.2. The smallest absolute Gasteiger partial charge is 0.0833 e. The van der Waals surface area contributed by atoms with Gasteiger partial charge in [0.25, 0.3) is 0 Å². The molecule has 1 aromatic heterocycles. The van der Waals surface area contributed by atoms with Gasteiger partial charge in [0.05, 0.1) is 6.61 Å². The second-order valence-corrected chi connectivity index (χ2v) is 5.98. The van der Waals surface area contributed by atoms with Crippen LogP contribution in [-0.2, 0) is 13.2 Å². The van der Waals surface area contributed by atoms with Gasteiger partial charge in [0.2, 0.25) is 0 Å². The van der Waals surface area contributed by atoms with Crippen molar-refractivity contribution in [2.45, 2.75) is 13.2 Å². The average Bonchev–Trinajstić information content (AvgIpc) is 2.99. The highest BCUT2D eigenvalue weighted by molar-refractivity contribution is 5.89. The SMILES string of the molecule is N=Cc1ccc2cc(CO)n(Cc3cccc4ccccc34)c2c1. The van der Waals surface area contributed by atoms with E-state index in [-0.39, 0.29) is 6.61 Å². The summed E-state index contributed by atoms with van der Waals surface area (Å²) in [4.78, 5) is 0. The summed E-state index contributed by atoms with van der Waals surface area (Å²) in [5.74, 6) is 0. The van der Waals surface area contributed by atoms with Gasteiger partial charge in [0.15, 0.2) is 0 Å². The van der Waals surface area contributed by atoms with E-state index in [0.717, 1.165) is 22.2 Å². The maximum Gasteiger partial charge on any atom is 0.0833 e. The fourth-order valence-electron chi connectivity index (χ4n) is 3.34. The molecule has 118 valence electrons. The van der Waals surface area contributed by atoms with Gasteiger partial charge in [0, 0.05) is 24.0 Å². The van der Waals surface area contributed by atoms with Crippen LogP contribution in [0.3, 0.4) is 0 Å². The lowest BCUT2D eigenvalue weighted by Gasteiger charge is -2.12. The maximum atomic E-state index is 9.77. The van der Waals surface area contributed by atoms with Crippen LogP contribution in [0, 0.1) is 5.41 Å². The Hall–Kier alpha value is -2.91. The molecule has 1 heterocycles. The van der Waals surface area contributed by atoms with E-state index in [1.165, 1.54) is 22.6 Å². The summed E-state index contributed by atoms with van der Waals surface area (Å²) in [5, 5.41) is 20.8. The molecule has 0 unspecified atom stereocenters. The van der Waals surface area contributed by atoms with Crippen molar-refractivity contribution in [3.05, 3.63) is 83.6 Å². The molecule has 0 spiro atoms. The highest BCUT2D eigenvalue weighted by atomic mass is 16.3. The molecule has 0 atom stereocenters. The van der Waals surface area contributed by atoms with E-state index in [9.17, 15) is 5.11 Å². The van der Waals surface area contributed by atoms with Gasteiger partial charge >= 0.3 is 0 Å². The second-order valence-electron chi connectivity index (χ2n) is 5.98. The van der Waals surface area contributed by atoms with Gasteiger partial charge in [-0.3, -0.25) is 0 Å². The first-order valence-corrected chi connectivity index (χ1v) is 8.00. The highest BCUT2D eigenvalue weighted by Crippen LogP contribution is 2.25. The summed E-state index contributed by atoms with van der Waals surface area (Å²) in [6, 6.07) is 22.7. The van der Waals surface area contributed by atoms with E-state index in [0.29, 0.717) is 6.54 Å². The zero-order valence-corrected chi connectivity index (χ0v) is 13.2. The molecule has 0 saturated carbocycles. The largest absolute Gasteiger partial charge is 0.390 e. The minimum Gasteiger partial charge on any atom is -0.390 e. The van der Waals surface area contributed by atoms with Crippen molar-refractivity contribution in [2.24, 2.45) is 0 Å². The third-order valence-corrected chi connectivity index (χ3v) is 4.55. The van der Waals surface area contributed by atoms with Gasteiger partial charge in [-0.15, -0.1) is 0 Å². The topological polar surface area (TPSA) is 49.0 Å². The molecule has 24 heavy (non-hydrogen) atoms. The van der Waals surface area contributed by atoms with E-state index in [2.05, 4.69) is 41.0 Å². The maximum absolute atomic E-state index is 9.77. The van der Waals surface area contributed by atoms with Gasteiger partial charge in [-0.05, 0) is 39.4 Å². The number of nitrogens with zero attached hydrogens (tertiary/aromatic N) is 1. The molecule has 0 saturated heterocycles. The Morgan fingerprint density at radius 3 is 2.58 bits per heavy atom. The second kappa shape index (κ2) is 5.95. The number of hydrogen-bond acceptors (Lipinski definition) is 2. The van der Waals surface area contributed by atoms with E-state index in [4.69, 9.17) is 5.41 Å². The van der Waals surface area contributed by atoms with Crippen LogP contribution in [-0.4, -0.2) is 15.9 Å².